The summed E-state index contributed by atoms with van der Waals surface area (Å²) >= 11 is 3.53. The first-order chi connectivity index (χ1) is 9.13. The summed E-state index contributed by atoms with van der Waals surface area (Å²) in [6.45, 7) is 6.81. The first kappa shape index (κ1) is 16.7. The van der Waals surface area contributed by atoms with Crippen LogP contribution in [-0.2, 0) is 0 Å². The maximum atomic E-state index is 3.69. The molecular formula is C17H28BrN. The fourth-order valence-corrected chi connectivity index (χ4v) is 2.85. The van der Waals surface area contributed by atoms with Crippen LogP contribution in [0.25, 0.3) is 0 Å². The zero-order valence-corrected chi connectivity index (χ0v) is 14.2. The lowest BCUT2D eigenvalue weighted by Gasteiger charge is -2.20. The van der Waals surface area contributed by atoms with Gasteiger partial charge in [-0.1, -0.05) is 67.1 Å². The average molecular weight is 326 g/mol. The number of rotatable bonds is 9. The fraction of sp³-hybridized carbons (Fsp3) is 0.647. The topological polar surface area (TPSA) is 12.0 Å². The maximum Gasteiger partial charge on any atom is 0.0294 e. The minimum Gasteiger partial charge on any atom is -0.308 e. The van der Waals surface area contributed by atoms with Crippen LogP contribution in [0.3, 0.4) is 0 Å². The Bertz CT molecular complexity index is 351. The lowest BCUT2D eigenvalue weighted by atomic mass is 10.0. The van der Waals surface area contributed by atoms with Crippen molar-refractivity contribution in [2.24, 2.45) is 0 Å². The smallest absolute Gasteiger partial charge is 0.0294 e. The molecule has 0 saturated carbocycles. The summed E-state index contributed by atoms with van der Waals surface area (Å²) in [7, 11) is 0. The van der Waals surface area contributed by atoms with Gasteiger partial charge in [0, 0.05) is 16.6 Å². The van der Waals surface area contributed by atoms with E-state index in [1.807, 2.05) is 0 Å². The van der Waals surface area contributed by atoms with Gasteiger partial charge in [-0.25, -0.2) is 0 Å². The average Bonchev–Trinajstić information content (AvgIpc) is 2.38. The van der Waals surface area contributed by atoms with Crippen LogP contribution in [0.5, 0.6) is 0 Å². The highest BCUT2D eigenvalue weighted by Crippen LogP contribution is 2.19. The van der Waals surface area contributed by atoms with Crippen molar-refractivity contribution in [3.63, 3.8) is 0 Å². The molecular weight excluding hydrogens is 298 g/mol. The number of halogens is 1. The molecule has 0 bridgehead atoms. The third-order valence-electron chi connectivity index (χ3n) is 3.62. The van der Waals surface area contributed by atoms with Crippen molar-refractivity contribution in [2.45, 2.75) is 71.4 Å². The van der Waals surface area contributed by atoms with Gasteiger partial charge in [0.1, 0.15) is 0 Å². The van der Waals surface area contributed by atoms with Crippen LogP contribution in [0.15, 0.2) is 28.7 Å². The second-order valence-electron chi connectivity index (χ2n) is 5.55. The van der Waals surface area contributed by atoms with Gasteiger partial charge in [-0.3, -0.25) is 0 Å². The minimum atomic E-state index is 0.420. The van der Waals surface area contributed by atoms with Crippen LogP contribution in [0, 0.1) is 0 Å². The summed E-state index contributed by atoms with van der Waals surface area (Å²) in [5.41, 5.74) is 1.35. The Labute approximate surface area is 127 Å². The van der Waals surface area contributed by atoms with Gasteiger partial charge >= 0.3 is 0 Å². The second-order valence-corrected chi connectivity index (χ2v) is 6.46. The van der Waals surface area contributed by atoms with Gasteiger partial charge in [-0.2, -0.15) is 0 Å². The van der Waals surface area contributed by atoms with E-state index in [1.165, 1.54) is 44.1 Å². The van der Waals surface area contributed by atoms with E-state index in [0.29, 0.717) is 12.1 Å². The monoisotopic (exact) mass is 325 g/mol. The molecule has 0 heterocycles. The van der Waals surface area contributed by atoms with Crippen molar-refractivity contribution in [1.82, 2.24) is 5.32 Å². The Morgan fingerprint density at radius 2 is 1.84 bits per heavy atom. The first-order valence-corrected chi connectivity index (χ1v) is 8.44. The maximum absolute atomic E-state index is 3.69. The van der Waals surface area contributed by atoms with E-state index in [9.17, 15) is 0 Å². The standard InChI is InChI=1S/C17H28BrN/c1-4-5-6-7-8-10-14(2)19-15(3)16-11-9-12-17(18)13-16/h9,11-15,19H,4-8,10H2,1-3H3/t14?,15-/m1/s1. The molecule has 0 aromatic heterocycles. The molecule has 0 spiro atoms. The zero-order valence-electron chi connectivity index (χ0n) is 12.6. The molecule has 1 nitrogen and oxygen atoms in total. The lowest BCUT2D eigenvalue weighted by Crippen LogP contribution is -2.28. The van der Waals surface area contributed by atoms with Crippen molar-refractivity contribution in [3.8, 4) is 0 Å². The van der Waals surface area contributed by atoms with Gasteiger partial charge in [0.25, 0.3) is 0 Å². The fourth-order valence-electron chi connectivity index (χ4n) is 2.44. The number of unbranched alkanes of at least 4 members (excludes halogenated alkanes) is 4. The van der Waals surface area contributed by atoms with E-state index in [0.717, 1.165) is 4.47 Å². The Morgan fingerprint density at radius 1 is 1.11 bits per heavy atom. The molecule has 2 atom stereocenters. The van der Waals surface area contributed by atoms with Gasteiger partial charge in [-0.05, 0) is 38.0 Å². The van der Waals surface area contributed by atoms with Crippen molar-refractivity contribution >= 4 is 15.9 Å². The molecule has 1 aromatic rings. The van der Waals surface area contributed by atoms with Gasteiger partial charge in [0.2, 0.25) is 0 Å². The van der Waals surface area contributed by atoms with Crippen LogP contribution in [0.2, 0.25) is 0 Å². The van der Waals surface area contributed by atoms with Crippen LogP contribution in [-0.4, -0.2) is 6.04 Å². The summed E-state index contributed by atoms with van der Waals surface area (Å²) < 4.78 is 1.16. The second kappa shape index (κ2) is 9.55. The summed E-state index contributed by atoms with van der Waals surface area (Å²) in [6.07, 6.45) is 8.11. The van der Waals surface area contributed by atoms with Crippen molar-refractivity contribution in [3.05, 3.63) is 34.3 Å². The van der Waals surface area contributed by atoms with Crippen molar-refractivity contribution < 1.29 is 0 Å². The predicted molar refractivity (Wildman–Crippen MR) is 88.5 cm³/mol. The Morgan fingerprint density at radius 3 is 2.53 bits per heavy atom. The molecule has 1 unspecified atom stereocenters. The van der Waals surface area contributed by atoms with E-state index in [4.69, 9.17) is 0 Å². The minimum absolute atomic E-state index is 0.420. The third kappa shape index (κ3) is 7.12. The Kier molecular flexibility index (Phi) is 8.40. The molecule has 0 aliphatic carbocycles. The Hall–Kier alpha value is -0.340. The SMILES string of the molecule is CCCCCCCC(C)N[C@H](C)c1cccc(Br)c1. The summed E-state index contributed by atoms with van der Waals surface area (Å²) in [5, 5.41) is 3.69. The molecule has 1 N–H and O–H groups in total. The normalized spacial score (nSPS) is 14.3. The summed E-state index contributed by atoms with van der Waals surface area (Å²) in [6, 6.07) is 9.58. The van der Waals surface area contributed by atoms with Crippen LogP contribution in [0.4, 0.5) is 0 Å². The van der Waals surface area contributed by atoms with Gasteiger partial charge < -0.3 is 5.32 Å². The van der Waals surface area contributed by atoms with E-state index in [-0.39, 0.29) is 0 Å². The first-order valence-electron chi connectivity index (χ1n) is 7.65. The van der Waals surface area contributed by atoms with Crippen LogP contribution in [0.1, 0.15) is 70.9 Å². The zero-order chi connectivity index (χ0) is 14.1. The highest BCUT2D eigenvalue weighted by Gasteiger charge is 2.09. The highest BCUT2D eigenvalue weighted by atomic mass is 79.9. The molecule has 0 aliphatic rings. The molecule has 1 rings (SSSR count). The molecule has 2 heteroatoms. The van der Waals surface area contributed by atoms with Gasteiger partial charge in [0.15, 0.2) is 0 Å². The molecule has 19 heavy (non-hydrogen) atoms. The summed E-state index contributed by atoms with van der Waals surface area (Å²) in [5.74, 6) is 0. The van der Waals surface area contributed by atoms with Crippen LogP contribution >= 0.6 is 15.9 Å². The van der Waals surface area contributed by atoms with E-state index in [1.54, 1.807) is 0 Å². The molecule has 0 saturated heterocycles. The van der Waals surface area contributed by atoms with Gasteiger partial charge in [-0.15, -0.1) is 0 Å². The van der Waals surface area contributed by atoms with Crippen LogP contribution < -0.4 is 5.32 Å². The van der Waals surface area contributed by atoms with Crippen molar-refractivity contribution in [2.75, 3.05) is 0 Å². The van der Waals surface area contributed by atoms with E-state index >= 15 is 0 Å². The van der Waals surface area contributed by atoms with E-state index < -0.39 is 0 Å². The number of benzene rings is 1. The molecule has 1 aromatic carbocycles. The molecule has 108 valence electrons. The highest BCUT2D eigenvalue weighted by molar-refractivity contribution is 9.10. The molecule has 0 aliphatic heterocycles. The predicted octanol–water partition coefficient (Wildman–Crippen LogP) is 5.85. The number of hydrogen-bond acceptors (Lipinski definition) is 1. The Balaban J connectivity index is 2.26. The largest absolute Gasteiger partial charge is 0.308 e. The molecule has 0 amide bonds. The number of hydrogen-bond donors (Lipinski definition) is 1. The van der Waals surface area contributed by atoms with Crippen molar-refractivity contribution in [1.29, 1.82) is 0 Å². The summed E-state index contributed by atoms with van der Waals surface area (Å²) in [4.78, 5) is 0. The quantitative estimate of drug-likeness (QED) is 0.561. The number of nitrogens with one attached hydrogen (secondary N) is 1. The third-order valence-corrected chi connectivity index (χ3v) is 4.12. The van der Waals surface area contributed by atoms with E-state index in [2.05, 4.69) is 66.3 Å². The molecule has 0 radical (unpaired) electrons. The molecule has 0 fully saturated rings. The lowest BCUT2D eigenvalue weighted by molar-refractivity contribution is 0.436. The van der Waals surface area contributed by atoms with Gasteiger partial charge in [0.05, 0.1) is 0 Å².